The second-order valence-corrected chi connectivity index (χ2v) is 33.9. The lowest BCUT2D eigenvalue weighted by atomic mass is 10.0. The molecule has 0 bridgehead atoms. The maximum absolute atomic E-state index is 11.9. The van der Waals surface area contributed by atoms with E-state index in [9.17, 15) is 58.2 Å². The topological polar surface area (TPSA) is 303 Å². The quantitative estimate of drug-likeness (QED) is 0.0325. The predicted octanol–water partition coefficient (Wildman–Crippen LogP) is 25.6. The summed E-state index contributed by atoms with van der Waals surface area (Å²) in [6.07, 6.45) is 81.1. The van der Waals surface area contributed by atoms with Crippen LogP contribution in [-0.4, -0.2) is 147 Å². The van der Waals surface area contributed by atoms with E-state index >= 15 is 0 Å². The molecule has 22 heteroatoms. The highest BCUT2D eigenvalue weighted by atomic mass is 16.6. The number of hydrogen-bond donors (Lipinski definition) is 2. The van der Waals surface area contributed by atoms with Crippen LogP contribution in [0.1, 0.15) is 506 Å². The number of aliphatic hydroxyl groups is 2. The van der Waals surface area contributed by atoms with Gasteiger partial charge in [-0.2, -0.15) is 0 Å². The molecule has 0 amide bonds. The van der Waals surface area contributed by atoms with Gasteiger partial charge in [0.1, 0.15) is 65.1 Å². The Morgan fingerprint density at radius 3 is 0.443 bits per heavy atom. The fraction of sp³-hybridized carbons (Fsp3) is 0.900. The lowest BCUT2D eigenvalue weighted by Gasteiger charge is -2.16. The van der Waals surface area contributed by atoms with E-state index in [1.807, 2.05) is 0 Å². The van der Waals surface area contributed by atoms with Crippen molar-refractivity contribution in [2.45, 2.75) is 530 Å². The normalized spacial score (nSPS) is 11.8. The van der Waals surface area contributed by atoms with Crippen LogP contribution in [0.2, 0.25) is 0 Å². The van der Waals surface area contributed by atoms with Gasteiger partial charge in [0.05, 0.1) is 0 Å². The van der Waals surface area contributed by atoms with Crippen molar-refractivity contribution in [3.8, 4) is 0 Å². The number of aliphatic hydroxyl groups excluding tert-OH is 2. The molecule has 0 aromatic rings. The summed E-state index contributed by atoms with van der Waals surface area (Å²) < 4.78 is 49.2. The Labute approximate surface area is 744 Å². The molecular weight excluding hydrogens is 1550 g/mol. The van der Waals surface area contributed by atoms with Crippen molar-refractivity contribution in [1.29, 1.82) is 0 Å². The fourth-order valence-corrected chi connectivity index (χ4v) is 14.0. The van der Waals surface area contributed by atoms with Crippen LogP contribution in [0.25, 0.3) is 0 Å². The average Bonchev–Trinajstić information content (AvgIpc) is 0.953. The summed E-state index contributed by atoms with van der Waals surface area (Å²) in [7, 11) is 0. The first-order valence-corrected chi connectivity index (χ1v) is 49.9. The lowest BCUT2D eigenvalue weighted by Crippen LogP contribution is -2.29. The lowest BCUT2D eigenvalue weighted by molar-refractivity contribution is -0.164. The van der Waals surface area contributed by atoms with Crippen LogP contribution in [-0.2, 0) is 95.3 Å². The number of hydrogen-bond acceptors (Lipinski definition) is 22. The van der Waals surface area contributed by atoms with E-state index in [4.69, 9.17) is 37.9 Å². The zero-order valence-corrected chi connectivity index (χ0v) is 80.1. The molecule has 0 aromatic heterocycles. The minimum Gasteiger partial charge on any atom is -0.463 e. The summed E-state index contributed by atoms with van der Waals surface area (Å²) in [5.74, 6) is -4.07. The van der Waals surface area contributed by atoms with Gasteiger partial charge < -0.3 is 57.6 Å². The number of carbonyl (C=O) groups is 10. The van der Waals surface area contributed by atoms with E-state index in [1.54, 1.807) is 0 Å². The van der Waals surface area contributed by atoms with Gasteiger partial charge in [-0.1, -0.05) is 413 Å². The molecule has 0 aliphatic rings. The standard InChI is InChI=1S/C27H50O6.C25H46O6.C25H48O5.C23H44O5/c1-4-5-6-7-8-9-10-11-12-13-14-15-16-17-18-19-20-21-27(30)32-23-26(33-25(3)29)22-31-24(2)28;1-4-5-6-7-8-9-10-11-12-13-14-15-16-17-18-19-25(28)30-21-24(31-23(3)27)20-29-22(2)26;1-3-4-5-6-7-8-9-10-11-12-13-14-15-16-17-18-19-20-25(28)30-22-24(27)21-29-23(2)26;1-3-4-5-6-7-8-9-10-11-12-13-14-15-16-17-18-23(26)28-20-22(25)19-27-21(2)24/h26H,4-23H2,1-3H3;24H,4-21H2,1-3H3;24,27H,3-22H2,1-2H3;22,25H,3-20H2,1-2H3. The van der Waals surface area contributed by atoms with Crippen molar-refractivity contribution in [3.63, 3.8) is 0 Å². The second kappa shape index (κ2) is 101. The van der Waals surface area contributed by atoms with Gasteiger partial charge in [0, 0.05) is 67.2 Å². The van der Waals surface area contributed by atoms with Crippen LogP contribution < -0.4 is 0 Å². The van der Waals surface area contributed by atoms with Crippen LogP contribution in [0, 0.1) is 0 Å². The van der Waals surface area contributed by atoms with Crippen LogP contribution >= 0.6 is 0 Å². The Morgan fingerprint density at radius 1 is 0.172 bits per heavy atom. The largest absolute Gasteiger partial charge is 0.463 e. The van der Waals surface area contributed by atoms with Gasteiger partial charge in [-0.15, -0.1) is 0 Å². The first kappa shape index (κ1) is 123. The van der Waals surface area contributed by atoms with Gasteiger partial charge >= 0.3 is 59.7 Å². The maximum atomic E-state index is 11.9. The van der Waals surface area contributed by atoms with Crippen molar-refractivity contribution in [3.05, 3.63) is 0 Å². The zero-order chi connectivity index (χ0) is 90.9. The second-order valence-electron chi connectivity index (χ2n) is 33.9. The molecule has 0 spiro atoms. The van der Waals surface area contributed by atoms with Gasteiger partial charge in [0.2, 0.25) is 0 Å². The maximum Gasteiger partial charge on any atom is 0.305 e. The zero-order valence-electron chi connectivity index (χ0n) is 80.1. The van der Waals surface area contributed by atoms with Gasteiger partial charge in [-0.3, -0.25) is 47.9 Å². The predicted molar refractivity (Wildman–Crippen MR) is 490 cm³/mol. The van der Waals surface area contributed by atoms with Crippen molar-refractivity contribution in [2.75, 3.05) is 52.9 Å². The van der Waals surface area contributed by atoms with Crippen molar-refractivity contribution in [1.82, 2.24) is 0 Å². The number of ether oxygens (including phenoxy) is 10. The number of carbonyl (C=O) groups excluding carboxylic acids is 10. The molecule has 22 nitrogen and oxygen atoms in total. The highest BCUT2D eigenvalue weighted by Gasteiger charge is 2.20. The molecule has 2 N–H and O–H groups in total. The molecular formula is C100H188O22. The fourth-order valence-electron chi connectivity index (χ4n) is 14.0. The molecule has 0 saturated heterocycles. The molecule has 0 heterocycles. The average molecular weight is 1740 g/mol. The molecule has 122 heavy (non-hydrogen) atoms. The Kier molecular flexibility index (Phi) is 102. The summed E-state index contributed by atoms with van der Waals surface area (Å²) in [6.45, 7) is 15.8. The van der Waals surface area contributed by atoms with Crippen LogP contribution in [0.4, 0.5) is 0 Å². The molecule has 0 radical (unpaired) electrons. The number of unbranched alkanes of at least 4 members (excludes halogenated alkanes) is 60. The third-order valence-electron chi connectivity index (χ3n) is 21.2. The first-order valence-electron chi connectivity index (χ1n) is 49.9. The Balaban J connectivity index is -0.000000762. The number of rotatable bonds is 86. The summed E-state index contributed by atoms with van der Waals surface area (Å²) in [5, 5.41) is 19.0. The Hall–Kier alpha value is -5.38. The van der Waals surface area contributed by atoms with Crippen molar-refractivity contribution < 1.29 is 106 Å². The van der Waals surface area contributed by atoms with Gasteiger partial charge in [0.25, 0.3) is 0 Å². The van der Waals surface area contributed by atoms with E-state index in [0.717, 1.165) is 64.2 Å². The Morgan fingerprint density at radius 2 is 0.295 bits per heavy atom. The molecule has 0 aliphatic carbocycles. The highest BCUT2D eigenvalue weighted by molar-refractivity contribution is 5.71. The molecule has 0 fully saturated rings. The van der Waals surface area contributed by atoms with Crippen molar-refractivity contribution >= 4 is 59.7 Å². The third-order valence-corrected chi connectivity index (χ3v) is 21.2. The van der Waals surface area contributed by atoms with E-state index in [-0.39, 0.29) is 76.7 Å². The molecule has 0 aliphatic heterocycles. The van der Waals surface area contributed by atoms with Gasteiger partial charge in [-0.25, -0.2) is 0 Å². The van der Waals surface area contributed by atoms with E-state index in [2.05, 4.69) is 37.2 Å². The summed E-state index contributed by atoms with van der Waals surface area (Å²) in [4.78, 5) is 112. The minimum atomic E-state index is -0.951. The van der Waals surface area contributed by atoms with Gasteiger partial charge in [0.15, 0.2) is 12.2 Å². The SMILES string of the molecule is CCCCCCCCCCCCCCCCCC(=O)OCC(COC(C)=O)OC(C)=O.CCCCCCCCCCCCCCCCCC(=O)OCC(O)COC(C)=O.CCCCCCCCCCCCCCCCCCCC(=O)OCC(COC(C)=O)OC(C)=O.CCCCCCCCCCCCCCCCCCCC(=O)OCC(O)COC(C)=O. The molecule has 0 aromatic carbocycles. The molecule has 0 saturated carbocycles. The molecule has 0 rings (SSSR count). The molecule has 720 valence electrons. The number of esters is 10. The minimum absolute atomic E-state index is 0.0926. The Bertz CT molecular complexity index is 2350. The van der Waals surface area contributed by atoms with Gasteiger partial charge in [-0.05, 0) is 25.7 Å². The van der Waals surface area contributed by atoms with Crippen molar-refractivity contribution in [2.24, 2.45) is 0 Å². The summed E-state index contributed by atoms with van der Waals surface area (Å²) >= 11 is 0. The van der Waals surface area contributed by atoms with Crippen LogP contribution in [0.15, 0.2) is 0 Å². The molecule has 4 unspecified atom stereocenters. The summed E-state index contributed by atoms with van der Waals surface area (Å²) in [5.41, 5.74) is 0. The molecule has 4 atom stereocenters. The highest BCUT2D eigenvalue weighted by Crippen LogP contribution is 2.20. The summed E-state index contributed by atoms with van der Waals surface area (Å²) in [6, 6.07) is 0. The first-order chi connectivity index (χ1) is 59.0. The van der Waals surface area contributed by atoms with E-state index in [0.29, 0.717) is 25.7 Å². The third kappa shape index (κ3) is 113. The monoisotopic (exact) mass is 1740 g/mol. The van der Waals surface area contributed by atoms with E-state index < -0.39 is 60.2 Å². The van der Waals surface area contributed by atoms with E-state index in [1.165, 1.54) is 388 Å². The smallest absolute Gasteiger partial charge is 0.305 e. The van der Waals surface area contributed by atoms with Crippen LogP contribution in [0.5, 0.6) is 0 Å². The van der Waals surface area contributed by atoms with Crippen LogP contribution in [0.3, 0.4) is 0 Å².